The second kappa shape index (κ2) is 9.08. The number of H-pyrrole nitrogens is 1. The molecule has 2 heterocycles. The van der Waals surface area contributed by atoms with E-state index in [-0.39, 0.29) is 25.1 Å². The summed E-state index contributed by atoms with van der Waals surface area (Å²) in [6.45, 7) is 5.33. The van der Waals surface area contributed by atoms with Gasteiger partial charge in [0.1, 0.15) is 0 Å². The maximum atomic E-state index is 12.6. The molecule has 0 atom stereocenters. The number of rotatable bonds is 5. The molecule has 1 aliphatic rings. The summed E-state index contributed by atoms with van der Waals surface area (Å²) in [6.07, 6.45) is 0.784. The van der Waals surface area contributed by atoms with E-state index in [1.807, 2.05) is 18.2 Å². The van der Waals surface area contributed by atoms with Gasteiger partial charge in [-0.1, -0.05) is 30.3 Å². The second-order valence-corrected chi connectivity index (χ2v) is 6.95. The molecule has 0 radical (unpaired) electrons. The minimum absolute atomic E-state index is 0. The third-order valence-electron chi connectivity index (χ3n) is 5.24. The monoisotopic (exact) mass is 400 g/mol. The summed E-state index contributed by atoms with van der Waals surface area (Å²) in [6, 6.07) is 17.6. The fourth-order valence-electron chi connectivity index (χ4n) is 3.72. The Morgan fingerprint density at radius 2 is 1.54 bits per heavy atom. The van der Waals surface area contributed by atoms with E-state index in [2.05, 4.69) is 39.0 Å². The van der Waals surface area contributed by atoms with E-state index >= 15 is 0 Å². The number of halogens is 1. The topological polar surface area (TPSA) is 61.3 Å². The third-order valence-corrected chi connectivity index (χ3v) is 5.24. The molecule has 1 saturated heterocycles. The molecule has 28 heavy (non-hydrogen) atoms. The van der Waals surface area contributed by atoms with Crippen molar-refractivity contribution in [2.24, 2.45) is 0 Å². The lowest BCUT2D eigenvalue weighted by Gasteiger charge is -2.36. The van der Waals surface area contributed by atoms with Crippen LogP contribution in [0.25, 0.3) is 10.9 Å². The third kappa shape index (κ3) is 4.29. The number of aromatic nitrogens is 2. The lowest BCUT2D eigenvalue weighted by atomic mass is 10.2. The van der Waals surface area contributed by atoms with Crippen molar-refractivity contribution >= 4 is 16.6 Å². The van der Waals surface area contributed by atoms with Crippen LogP contribution in [0, 0.1) is 0 Å². The van der Waals surface area contributed by atoms with Gasteiger partial charge in [-0.2, -0.15) is 0 Å². The first kappa shape index (κ1) is 20.2. The van der Waals surface area contributed by atoms with Crippen molar-refractivity contribution in [1.82, 2.24) is 14.5 Å². The van der Waals surface area contributed by atoms with Crippen LogP contribution in [0.1, 0.15) is 7.85 Å². The molecular formula is C21H25ClN4O2. The van der Waals surface area contributed by atoms with Gasteiger partial charge in [0.15, 0.2) is 0 Å². The number of nitrogens with zero attached hydrogens (tertiary/aromatic N) is 3. The lowest BCUT2D eigenvalue weighted by molar-refractivity contribution is -0.00000555. The van der Waals surface area contributed by atoms with Crippen LogP contribution in [0.2, 0.25) is 0 Å². The molecule has 0 saturated carbocycles. The molecular weight excluding hydrogens is 376 g/mol. The first-order valence-corrected chi connectivity index (χ1v) is 9.46. The maximum Gasteiger partial charge on any atom is 1.00 e. The molecule has 3 aromatic rings. The smallest absolute Gasteiger partial charge is 1.00 e. The van der Waals surface area contributed by atoms with Gasteiger partial charge < -0.3 is 22.3 Å². The highest BCUT2D eigenvalue weighted by atomic mass is 35.5. The van der Waals surface area contributed by atoms with E-state index in [1.54, 1.807) is 12.1 Å². The van der Waals surface area contributed by atoms with Crippen molar-refractivity contribution in [3.8, 4) is 0 Å². The Bertz CT molecular complexity index is 1030. The van der Waals surface area contributed by atoms with Gasteiger partial charge in [0.05, 0.1) is 10.9 Å². The molecule has 1 fully saturated rings. The quantitative estimate of drug-likeness (QED) is 0.598. The zero-order chi connectivity index (χ0) is 18.6. The molecule has 0 spiro atoms. The van der Waals surface area contributed by atoms with Crippen molar-refractivity contribution in [3.05, 3.63) is 75.4 Å². The van der Waals surface area contributed by atoms with Crippen molar-refractivity contribution in [3.63, 3.8) is 0 Å². The van der Waals surface area contributed by atoms with Gasteiger partial charge in [0.25, 0.3) is 5.56 Å². The SMILES string of the molecule is O=c1[nH]c2ccccc2c(=O)n1CCCN1CCN(c2ccccc2)CC1.[Cl-].[H+]. The fraction of sp³-hybridized carbons (Fsp3) is 0.333. The van der Waals surface area contributed by atoms with E-state index in [4.69, 9.17) is 0 Å². The molecule has 7 heteroatoms. The van der Waals surface area contributed by atoms with Crippen molar-refractivity contribution in [2.45, 2.75) is 13.0 Å². The minimum Gasteiger partial charge on any atom is -1.00 e. The Morgan fingerprint density at radius 3 is 2.29 bits per heavy atom. The summed E-state index contributed by atoms with van der Waals surface area (Å²) in [5.74, 6) is 0. The average molecular weight is 401 g/mol. The van der Waals surface area contributed by atoms with E-state index in [0.29, 0.717) is 17.4 Å². The van der Waals surface area contributed by atoms with Crippen LogP contribution in [-0.4, -0.2) is 47.2 Å². The van der Waals surface area contributed by atoms with Crippen LogP contribution in [0.15, 0.2) is 64.2 Å². The largest absolute Gasteiger partial charge is 1.00 e. The standard InChI is InChI=1S/C21H24N4O2.ClH/c26-20-18-9-4-5-10-19(18)22-21(27)25(20)12-6-11-23-13-15-24(16-14-23)17-7-2-1-3-8-17;/h1-5,7-10H,6,11-16H2,(H,22,27);1H. The van der Waals surface area contributed by atoms with E-state index in [0.717, 1.165) is 39.1 Å². The Morgan fingerprint density at radius 1 is 0.857 bits per heavy atom. The number of hydrogen-bond donors (Lipinski definition) is 1. The number of fused-ring (bicyclic) bond motifs is 1. The highest BCUT2D eigenvalue weighted by Gasteiger charge is 2.17. The molecule has 0 unspecified atom stereocenters. The highest BCUT2D eigenvalue weighted by Crippen LogP contribution is 2.15. The zero-order valence-electron chi connectivity index (χ0n) is 16.7. The normalized spacial score (nSPS) is 14.8. The van der Waals surface area contributed by atoms with Crippen LogP contribution in [-0.2, 0) is 6.54 Å². The summed E-state index contributed by atoms with van der Waals surface area (Å²) in [5.41, 5.74) is 1.34. The Kier molecular flexibility index (Phi) is 6.54. The maximum absolute atomic E-state index is 12.6. The van der Waals surface area contributed by atoms with Crippen LogP contribution in [0.5, 0.6) is 0 Å². The lowest BCUT2D eigenvalue weighted by Crippen LogP contribution is -3.00. The van der Waals surface area contributed by atoms with Gasteiger partial charge in [-0.05, 0) is 37.2 Å². The molecule has 0 aliphatic carbocycles. The summed E-state index contributed by atoms with van der Waals surface area (Å²) in [7, 11) is 0. The van der Waals surface area contributed by atoms with Gasteiger partial charge >= 0.3 is 7.12 Å². The number of piperazine rings is 1. The molecule has 0 amide bonds. The summed E-state index contributed by atoms with van der Waals surface area (Å²) in [5, 5.41) is 0.563. The molecule has 1 N–H and O–H groups in total. The Balaban J connectivity index is 0.00000150. The highest BCUT2D eigenvalue weighted by molar-refractivity contribution is 5.76. The van der Waals surface area contributed by atoms with Gasteiger partial charge in [0.2, 0.25) is 0 Å². The molecule has 2 aromatic carbocycles. The number of benzene rings is 2. The van der Waals surface area contributed by atoms with E-state index < -0.39 is 0 Å². The van der Waals surface area contributed by atoms with Gasteiger partial charge in [0, 0.05) is 38.4 Å². The first-order valence-electron chi connectivity index (χ1n) is 9.46. The van der Waals surface area contributed by atoms with E-state index in [9.17, 15) is 9.59 Å². The Hall–Kier alpha value is -2.57. The van der Waals surface area contributed by atoms with Gasteiger partial charge in [-0.3, -0.25) is 14.3 Å². The van der Waals surface area contributed by atoms with Crippen LogP contribution in [0.4, 0.5) is 5.69 Å². The van der Waals surface area contributed by atoms with Crippen molar-refractivity contribution < 1.29 is 13.8 Å². The number of nitrogens with one attached hydrogen (secondary N) is 1. The minimum atomic E-state index is -0.326. The second-order valence-electron chi connectivity index (χ2n) is 6.95. The molecule has 6 nitrogen and oxygen atoms in total. The number of aromatic amines is 1. The average Bonchev–Trinajstić information content (AvgIpc) is 2.71. The first-order chi connectivity index (χ1) is 13.2. The number of anilines is 1. The van der Waals surface area contributed by atoms with Crippen LogP contribution in [0.3, 0.4) is 0 Å². The Labute approximate surface area is 171 Å². The predicted molar refractivity (Wildman–Crippen MR) is 110 cm³/mol. The molecule has 1 aromatic heterocycles. The van der Waals surface area contributed by atoms with Crippen LogP contribution >= 0.6 is 0 Å². The number of para-hydroxylation sites is 2. The number of hydrogen-bond acceptors (Lipinski definition) is 4. The van der Waals surface area contributed by atoms with Gasteiger partial charge in [-0.25, -0.2) is 4.79 Å². The predicted octanol–water partition coefficient (Wildman–Crippen LogP) is -0.981. The van der Waals surface area contributed by atoms with Gasteiger partial charge in [-0.15, -0.1) is 0 Å². The van der Waals surface area contributed by atoms with Crippen molar-refractivity contribution in [1.29, 1.82) is 0 Å². The molecule has 148 valence electrons. The van der Waals surface area contributed by atoms with Crippen molar-refractivity contribution in [2.75, 3.05) is 37.6 Å². The molecule has 4 rings (SSSR count). The zero-order valence-corrected chi connectivity index (χ0v) is 16.4. The molecule has 1 aliphatic heterocycles. The van der Waals surface area contributed by atoms with Crippen LogP contribution < -0.4 is 28.6 Å². The fourth-order valence-corrected chi connectivity index (χ4v) is 3.72. The summed E-state index contributed by atoms with van der Waals surface area (Å²) in [4.78, 5) is 32.4. The summed E-state index contributed by atoms with van der Waals surface area (Å²) >= 11 is 0. The van der Waals surface area contributed by atoms with E-state index in [1.165, 1.54) is 10.3 Å². The summed E-state index contributed by atoms with van der Waals surface area (Å²) < 4.78 is 1.32. The molecule has 0 bridgehead atoms.